The molecule has 1 aromatic heterocycles. The summed E-state index contributed by atoms with van der Waals surface area (Å²) in [5.74, 6) is 0.734. The maximum absolute atomic E-state index is 12.2. The summed E-state index contributed by atoms with van der Waals surface area (Å²) in [6.45, 7) is 1.43. The zero-order valence-electron chi connectivity index (χ0n) is 11.2. The van der Waals surface area contributed by atoms with Gasteiger partial charge in [0, 0.05) is 23.8 Å². The Balaban J connectivity index is 1.39. The van der Waals surface area contributed by atoms with E-state index in [0.717, 1.165) is 25.0 Å². The third-order valence-corrected chi connectivity index (χ3v) is 5.27. The van der Waals surface area contributed by atoms with Crippen LogP contribution in [0.1, 0.15) is 18.4 Å². The fourth-order valence-electron chi connectivity index (χ4n) is 3.23. The lowest BCUT2D eigenvalue weighted by Gasteiger charge is -2.07. The molecule has 3 atom stereocenters. The van der Waals surface area contributed by atoms with Crippen molar-refractivity contribution >= 4 is 27.3 Å². The van der Waals surface area contributed by atoms with Gasteiger partial charge in [-0.2, -0.15) is 0 Å². The highest BCUT2D eigenvalue weighted by Gasteiger charge is 2.56. The van der Waals surface area contributed by atoms with Crippen LogP contribution in [0.5, 0.6) is 0 Å². The molecule has 0 bridgehead atoms. The molecule has 4 rings (SSSR count). The lowest BCUT2D eigenvalue weighted by molar-refractivity contribution is -0.123. The molecule has 1 N–H and O–H groups in total. The third-order valence-electron chi connectivity index (χ3n) is 4.37. The number of carbonyl (C=O) groups is 1. The molecule has 2 aromatic rings. The van der Waals surface area contributed by atoms with E-state index in [1.807, 2.05) is 0 Å². The number of fused-ring (bicyclic) bond motifs is 2. The fourth-order valence-corrected chi connectivity index (χ4v) is 4.00. The molecule has 0 radical (unpaired) electrons. The Kier molecular flexibility index (Phi) is 3.00. The molecule has 1 saturated carbocycles. The van der Waals surface area contributed by atoms with Crippen molar-refractivity contribution in [3.05, 3.63) is 35.2 Å². The molecular weight excluding hydrogens is 270 g/mol. The third kappa shape index (κ3) is 2.13. The summed E-state index contributed by atoms with van der Waals surface area (Å²) in [4.78, 5) is 12.2. The van der Waals surface area contributed by atoms with Gasteiger partial charge in [-0.15, -0.1) is 11.3 Å². The number of hydrogen-bond donors (Lipinski definition) is 1. The molecule has 2 fully saturated rings. The van der Waals surface area contributed by atoms with Gasteiger partial charge in [-0.1, -0.05) is 6.07 Å². The van der Waals surface area contributed by atoms with Gasteiger partial charge in [0.15, 0.2) is 0 Å². The molecular formula is C16H17NO2S. The van der Waals surface area contributed by atoms with Crippen LogP contribution in [-0.2, 0) is 16.1 Å². The molecule has 1 amide bonds. The zero-order valence-corrected chi connectivity index (χ0v) is 12.0. The van der Waals surface area contributed by atoms with Crippen molar-refractivity contribution in [2.75, 3.05) is 6.61 Å². The van der Waals surface area contributed by atoms with E-state index in [1.165, 1.54) is 10.1 Å². The van der Waals surface area contributed by atoms with Gasteiger partial charge in [-0.05, 0) is 47.4 Å². The van der Waals surface area contributed by atoms with E-state index in [0.29, 0.717) is 12.5 Å². The molecule has 1 aromatic carbocycles. The van der Waals surface area contributed by atoms with Crippen LogP contribution in [0.4, 0.5) is 0 Å². The van der Waals surface area contributed by atoms with E-state index >= 15 is 0 Å². The number of carbonyl (C=O) groups excluding carboxylic acids is 1. The Morgan fingerprint density at radius 1 is 1.40 bits per heavy atom. The van der Waals surface area contributed by atoms with E-state index < -0.39 is 0 Å². The lowest BCUT2D eigenvalue weighted by Crippen LogP contribution is -2.26. The van der Waals surface area contributed by atoms with Crippen molar-refractivity contribution in [2.24, 2.45) is 11.8 Å². The van der Waals surface area contributed by atoms with Crippen LogP contribution in [0.2, 0.25) is 0 Å². The first kappa shape index (κ1) is 12.4. The highest BCUT2D eigenvalue weighted by Crippen LogP contribution is 2.47. The Morgan fingerprint density at radius 3 is 3.20 bits per heavy atom. The first-order chi connectivity index (χ1) is 9.83. The Labute approximate surface area is 121 Å². The predicted octanol–water partition coefficient (Wildman–Crippen LogP) is 2.94. The van der Waals surface area contributed by atoms with Crippen molar-refractivity contribution in [3.63, 3.8) is 0 Å². The van der Waals surface area contributed by atoms with Crippen LogP contribution < -0.4 is 5.32 Å². The quantitative estimate of drug-likeness (QED) is 0.942. The number of amides is 1. The molecule has 1 aliphatic heterocycles. The SMILES string of the molecule is O=C(NCc1ccc2sccc2c1)[C@@H]1[C@@H]2CCCO[C@@H]21. The van der Waals surface area contributed by atoms with Crippen molar-refractivity contribution in [1.29, 1.82) is 0 Å². The summed E-state index contributed by atoms with van der Waals surface area (Å²) in [6, 6.07) is 8.49. The second-order valence-corrected chi connectivity index (χ2v) is 6.63. The van der Waals surface area contributed by atoms with Gasteiger partial charge < -0.3 is 10.1 Å². The van der Waals surface area contributed by atoms with Gasteiger partial charge >= 0.3 is 0 Å². The first-order valence-corrected chi connectivity index (χ1v) is 8.06. The first-order valence-electron chi connectivity index (χ1n) is 7.18. The van der Waals surface area contributed by atoms with Crippen LogP contribution in [0.3, 0.4) is 0 Å². The number of thiophene rings is 1. The van der Waals surface area contributed by atoms with E-state index in [4.69, 9.17) is 4.74 Å². The van der Waals surface area contributed by atoms with Gasteiger partial charge in [0.2, 0.25) is 5.91 Å². The summed E-state index contributed by atoms with van der Waals surface area (Å²) in [5, 5.41) is 6.41. The molecule has 1 aliphatic carbocycles. The van der Waals surface area contributed by atoms with Crippen LogP contribution >= 0.6 is 11.3 Å². The average molecular weight is 287 g/mol. The molecule has 1 saturated heterocycles. The van der Waals surface area contributed by atoms with Crippen molar-refractivity contribution in [1.82, 2.24) is 5.32 Å². The monoisotopic (exact) mass is 287 g/mol. The van der Waals surface area contributed by atoms with Crippen LogP contribution in [0, 0.1) is 11.8 Å². The number of ether oxygens (including phenoxy) is 1. The standard InChI is InChI=1S/C16H17NO2S/c18-16(14-12-2-1-6-19-15(12)14)17-9-10-3-4-13-11(8-10)5-7-20-13/h3-5,7-8,12,14-15H,1-2,6,9H2,(H,17,18)/t12-,14+,15-/m0/s1. The topological polar surface area (TPSA) is 38.3 Å². The minimum Gasteiger partial charge on any atom is -0.377 e. The molecule has 2 aliphatic rings. The number of rotatable bonds is 3. The number of hydrogen-bond acceptors (Lipinski definition) is 3. The Hall–Kier alpha value is -1.39. The smallest absolute Gasteiger partial charge is 0.226 e. The normalized spacial score (nSPS) is 28.1. The van der Waals surface area contributed by atoms with Crippen LogP contribution in [0.25, 0.3) is 10.1 Å². The summed E-state index contributed by atoms with van der Waals surface area (Å²) in [6.07, 6.45) is 2.44. The summed E-state index contributed by atoms with van der Waals surface area (Å²) in [5.41, 5.74) is 1.16. The van der Waals surface area contributed by atoms with Gasteiger partial charge in [-0.3, -0.25) is 4.79 Å². The summed E-state index contributed by atoms with van der Waals surface area (Å²) in [7, 11) is 0. The molecule has 0 unspecified atom stereocenters. The Morgan fingerprint density at radius 2 is 2.35 bits per heavy atom. The van der Waals surface area contributed by atoms with Gasteiger partial charge in [-0.25, -0.2) is 0 Å². The second-order valence-electron chi connectivity index (χ2n) is 5.68. The largest absolute Gasteiger partial charge is 0.377 e. The number of benzene rings is 1. The lowest BCUT2D eigenvalue weighted by atomic mass is 10.1. The van der Waals surface area contributed by atoms with Gasteiger partial charge in [0.1, 0.15) is 0 Å². The van der Waals surface area contributed by atoms with Crippen molar-refractivity contribution in [3.8, 4) is 0 Å². The summed E-state index contributed by atoms with van der Waals surface area (Å²) < 4.78 is 6.92. The van der Waals surface area contributed by atoms with Crippen molar-refractivity contribution in [2.45, 2.75) is 25.5 Å². The van der Waals surface area contributed by atoms with Crippen LogP contribution in [-0.4, -0.2) is 18.6 Å². The average Bonchev–Trinajstić information content (AvgIpc) is 3.03. The van der Waals surface area contributed by atoms with Gasteiger partial charge in [0.25, 0.3) is 0 Å². The fraction of sp³-hybridized carbons (Fsp3) is 0.438. The van der Waals surface area contributed by atoms with Crippen LogP contribution in [0.15, 0.2) is 29.6 Å². The van der Waals surface area contributed by atoms with E-state index in [2.05, 4.69) is 35.0 Å². The summed E-state index contributed by atoms with van der Waals surface area (Å²) >= 11 is 1.74. The van der Waals surface area contributed by atoms with Gasteiger partial charge in [0.05, 0.1) is 12.0 Å². The molecule has 20 heavy (non-hydrogen) atoms. The molecule has 104 valence electrons. The van der Waals surface area contributed by atoms with Crippen molar-refractivity contribution < 1.29 is 9.53 Å². The maximum atomic E-state index is 12.2. The molecule has 0 spiro atoms. The number of nitrogens with one attached hydrogen (secondary N) is 1. The highest BCUT2D eigenvalue weighted by atomic mass is 32.1. The minimum atomic E-state index is 0.0994. The van der Waals surface area contributed by atoms with E-state index in [1.54, 1.807) is 11.3 Å². The predicted molar refractivity (Wildman–Crippen MR) is 79.6 cm³/mol. The molecule has 2 heterocycles. The maximum Gasteiger partial charge on any atom is 0.226 e. The highest BCUT2D eigenvalue weighted by molar-refractivity contribution is 7.17. The second kappa shape index (κ2) is 4.86. The minimum absolute atomic E-state index is 0.0994. The zero-order chi connectivity index (χ0) is 13.5. The Bertz CT molecular complexity index is 639. The van der Waals surface area contributed by atoms with E-state index in [9.17, 15) is 4.79 Å². The molecule has 4 heteroatoms. The molecule has 3 nitrogen and oxygen atoms in total. The van der Waals surface area contributed by atoms with E-state index in [-0.39, 0.29) is 17.9 Å².